The van der Waals surface area contributed by atoms with E-state index in [-0.39, 0.29) is 5.92 Å². The van der Waals surface area contributed by atoms with E-state index in [1.165, 1.54) is 0 Å². The second-order valence-electron chi connectivity index (χ2n) is 3.90. The highest BCUT2D eigenvalue weighted by Crippen LogP contribution is 2.50. The molecule has 12 heavy (non-hydrogen) atoms. The van der Waals surface area contributed by atoms with Crippen molar-refractivity contribution in [2.45, 2.75) is 19.3 Å². The lowest BCUT2D eigenvalue weighted by molar-refractivity contribution is 0.304. The van der Waals surface area contributed by atoms with E-state index < -0.39 is 0 Å². The molecule has 0 radical (unpaired) electrons. The monoisotopic (exact) mass is 164 g/mol. The van der Waals surface area contributed by atoms with Crippen LogP contribution in [0.2, 0.25) is 0 Å². The number of nitriles is 1. The van der Waals surface area contributed by atoms with Crippen LogP contribution in [0, 0.1) is 35.0 Å². The third-order valence-corrected chi connectivity index (χ3v) is 3.29. The van der Waals surface area contributed by atoms with Crippen molar-refractivity contribution in [2.75, 3.05) is 0 Å². The average Bonchev–Trinajstić information content (AvgIpc) is 2.62. The van der Waals surface area contributed by atoms with Crippen LogP contribution in [0.1, 0.15) is 19.3 Å². The van der Waals surface area contributed by atoms with Crippen LogP contribution in [0.5, 0.6) is 0 Å². The van der Waals surface area contributed by atoms with E-state index in [9.17, 15) is 0 Å². The van der Waals surface area contributed by atoms with Gasteiger partial charge in [0.1, 0.15) is 0 Å². The highest BCUT2D eigenvalue weighted by molar-refractivity contribution is 5.61. The van der Waals surface area contributed by atoms with Gasteiger partial charge in [-0.2, -0.15) is 5.26 Å². The minimum Gasteiger partial charge on any atom is -0.411 e. The van der Waals surface area contributed by atoms with E-state index in [1.54, 1.807) is 6.21 Å². The van der Waals surface area contributed by atoms with Gasteiger partial charge in [-0.05, 0) is 31.1 Å². The van der Waals surface area contributed by atoms with Crippen LogP contribution >= 0.6 is 0 Å². The van der Waals surface area contributed by atoms with Gasteiger partial charge in [-0.1, -0.05) is 0 Å². The Labute approximate surface area is 71.7 Å². The van der Waals surface area contributed by atoms with E-state index in [4.69, 9.17) is 10.5 Å². The minimum absolute atomic E-state index is 0.215. The van der Waals surface area contributed by atoms with Gasteiger partial charge in [-0.15, -0.1) is 5.16 Å². The summed E-state index contributed by atoms with van der Waals surface area (Å²) in [6, 6.07) is 2.34. The van der Waals surface area contributed by atoms with Crippen LogP contribution in [0.4, 0.5) is 0 Å². The number of rotatable bonds is 1. The maximum Gasteiger partial charge on any atom is 0.0659 e. The van der Waals surface area contributed by atoms with Crippen molar-refractivity contribution in [1.82, 2.24) is 0 Å². The zero-order chi connectivity index (χ0) is 8.55. The molecule has 0 aromatic heterocycles. The average molecular weight is 164 g/mol. The zero-order valence-corrected chi connectivity index (χ0v) is 6.85. The molecule has 3 heteroatoms. The van der Waals surface area contributed by atoms with Crippen molar-refractivity contribution in [2.24, 2.45) is 28.8 Å². The SMILES string of the molecule is N#CC1CC2CC(/C=N/O)C1C2. The summed E-state index contributed by atoms with van der Waals surface area (Å²) in [5.41, 5.74) is 0. The molecule has 4 atom stereocenters. The summed E-state index contributed by atoms with van der Waals surface area (Å²) in [4.78, 5) is 0. The van der Waals surface area contributed by atoms with Crippen molar-refractivity contribution in [3.05, 3.63) is 0 Å². The van der Waals surface area contributed by atoms with Gasteiger partial charge in [-0.25, -0.2) is 0 Å². The molecule has 2 aliphatic carbocycles. The first-order chi connectivity index (χ1) is 5.85. The predicted molar refractivity (Wildman–Crippen MR) is 43.7 cm³/mol. The number of oxime groups is 1. The van der Waals surface area contributed by atoms with Crippen molar-refractivity contribution in [1.29, 1.82) is 5.26 Å². The van der Waals surface area contributed by atoms with Gasteiger partial charge in [0.15, 0.2) is 0 Å². The molecule has 2 aliphatic rings. The van der Waals surface area contributed by atoms with E-state index in [2.05, 4.69) is 11.2 Å². The fourth-order valence-electron chi connectivity index (χ4n) is 2.81. The summed E-state index contributed by atoms with van der Waals surface area (Å²) in [6.45, 7) is 0. The molecule has 0 amide bonds. The zero-order valence-electron chi connectivity index (χ0n) is 6.85. The highest BCUT2D eigenvalue weighted by Gasteiger charge is 2.45. The Morgan fingerprint density at radius 1 is 1.42 bits per heavy atom. The normalized spacial score (nSPS) is 45.2. The van der Waals surface area contributed by atoms with Gasteiger partial charge in [0.05, 0.1) is 12.0 Å². The smallest absolute Gasteiger partial charge is 0.0659 e. The van der Waals surface area contributed by atoms with Gasteiger partial charge in [0.25, 0.3) is 0 Å². The molecule has 2 saturated carbocycles. The molecule has 0 saturated heterocycles. The molecule has 4 unspecified atom stereocenters. The molecule has 3 nitrogen and oxygen atoms in total. The Bertz CT molecular complexity index is 243. The first kappa shape index (κ1) is 7.60. The molecule has 0 aliphatic heterocycles. The first-order valence-corrected chi connectivity index (χ1v) is 4.42. The van der Waals surface area contributed by atoms with E-state index in [1.807, 2.05) is 0 Å². The molecular weight excluding hydrogens is 152 g/mol. The number of nitrogens with zero attached hydrogens (tertiary/aromatic N) is 2. The summed E-state index contributed by atoms with van der Waals surface area (Å²) in [5, 5.41) is 20.3. The van der Waals surface area contributed by atoms with Crippen LogP contribution in [0.3, 0.4) is 0 Å². The molecule has 0 aromatic rings. The predicted octanol–water partition coefficient (Wildman–Crippen LogP) is 1.63. The topological polar surface area (TPSA) is 56.4 Å². The Hall–Kier alpha value is -1.04. The molecule has 2 rings (SSSR count). The molecular formula is C9H12N2O. The van der Waals surface area contributed by atoms with Crippen LogP contribution in [0.25, 0.3) is 0 Å². The Kier molecular flexibility index (Phi) is 1.76. The van der Waals surface area contributed by atoms with E-state index in [0.29, 0.717) is 17.8 Å². The maximum absolute atomic E-state index is 8.82. The lowest BCUT2D eigenvalue weighted by Gasteiger charge is -2.20. The minimum atomic E-state index is 0.215. The summed E-state index contributed by atoms with van der Waals surface area (Å²) in [7, 11) is 0. The number of fused-ring (bicyclic) bond motifs is 2. The fourth-order valence-corrected chi connectivity index (χ4v) is 2.81. The van der Waals surface area contributed by atoms with Crippen molar-refractivity contribution >= 4 is 6.21 Å². The fraction of sp³-hybridized carbons (Fsp3) is 0.778. The molecule has 64 valence electrons. The Balaban J connectivity index is 2.10. The Morgan fingerprint density at radius 3 is 2.83 bits per heavy atom. The molecule has 2 fully saturated rings. The molecule has 2 bridgehead atoms. The van der Waals surface area contributed by atoms with Gasteiger partial charge in [0.2, 0.25) is 0 Å². The van der Waals surface area contributed by atoms with Gasteiger partial charge >= 0.3 is 0 Å². The maximum atomic E-state index is 8.82. The largest absolute Gasteiger partial charge is 0.411 e. The second-order valence-corrected chi connectivity index (χ2v) is 3.90. The molecule has 1 N–H and O–H groups in total. The molecule has 0 heterocycles. The summed E-state index contributed by atoms with van der Waals surface area (Å²) >= 11 is 0. The van der Waals surface area contributed by atoms with Crippen LogP contribution < -0.4 is 0 Å². The second kappa shape index (κ2) is 2.78. The van der Waals surface area contributed by atoms with Crippen LogP contribution in [-0.4, -0.2) is 11.4 Å². The van der Waals surface area contributed by atoms with Crippen molar-refractivity contribution in [3.63, 3.8) is 0 Å². The first-order valence-electron chi connectivity index (χ1n) is 4.42. The van der Waals surface area contributed by atoms with Gasteiger partial charge in [0, 0.05) is 12.1 Å². The van der Waals surface area contributed by atoms with E-state index in [0.717, 1.165) is 19.3 Å². The highest BCUT2D eigenvalue weighted by atomic mass is 16.4. The van der Waals surface area contributed by atoms with Crippen LogP contribution in [-0.2, 0) is 0 Å². The molecule has 0 aromatic carbocycles. The Morgan fingerprint density at radius 2 is 2.25 bits per heavy atom. The quantitative estimate of drug-likeness (QED) is 0.364. The summed E-state index contributed by atoms with van der Waals surface area (Å²) in [5.74, 6) is 1.75. The number of hydrogen-bond donors (Lipinski definition) is 1. The van der Waals surface area contributed by atoms with Crippen molar-refractivity contribution < 1.29 is 5.21 Å². The summed E-state index contributed by atoms with van der Waals surface area (Å²) in [6.07, 6.45) is 4.95. The lowest BCUT2D eigenvalue weighted by atomic mass is 9.82. The van der Waals surface area contributed by atoms with Gasteiger partial charge in [-0.3, -0.25) is 0 Å². The number of hydrogen-bond acceptors (Lipinski definition) is 3. The van der Waals surface area contributed by atoms with Crippen molar-refractivity contribution in [3.8, 4) is 6.07 Å². The van der Waals surface area contributed by atoms with Crippen LogP contribution in [0.15, 0.2) is 5.16 Å². The molecule has 0 spiro atoms. The van der Waals surface area contributed by atoms with Gasteiger partial charge < -0.3 is 5.21 Å². The third kappa shape index (κ3) is 0.989. The standard InChI is InChI=1S/C9H12N2O/c10-4-7-1-6-2-8(5-11-12)9(7)3-6/h5-9,12H,1-3H2/b11-5+. The lowest BCUT2D eigenvalue weighted by Crippen LogP contribution is -2.19. The third-order valence-electron chi connectivity index (χ3n) is 3.29. The van der Waals surface area contributed by atoms with E-state index >= 15 is 0 Å². The summed E-state index contributed by atoms with van der Waals surface area (Å²) < 4.78 is 0.